The van der Waals surface area contributed by atoms with Gasteiger partial charge in [0.1, 0.15) is 0 Å². The molecule has 1 aliphatic carbocycles. The van der Waals surface area contributed by atoms with E-state index in [2.05, 4.69) is 34.7 Å². The predicted molar refractivity (Wildman–Crippen MR) is 73.3 cm³/mol. The second kappa shape index (κ2) is 6.97. The topological polar surface area (TPSA) is 12.5 Å². The van der Waals surface area contributed by atoms with Gasteiger partial charge in [0, 0.05) is 25.0 Å². The fourth-order valence-electron chi connectivity index (χ4n) is 2.01. The molecule has 0 aromatic carbocycles. The highest BCUT2D eigenvalue weighted by molar-refractivity contribution is 9.09. The molecule has 1 saturated carbocycles. The molecule has 0 aromatic rings. The molecule has 0 unspecified atom stereocenters. The molecule has 1 aliphatic rings. The van der Waals surface area contributed by atoms with Gasteiger partial charge in [0.05, 0.1) is 5.60 Å². The van der Waals surface area contributed by atoms with Crippen LogP contribution in [0.15, 0.2) is 0 Å². The Bertz CT molecular complexity index is 192. The van der Waals surface area contributed by atoms with E-state index >= 15 is 0 Å². The summed E-state index contributed by atoms with van der Waals surface area (Å²) in [5, 5.41) is 1.11. The van der Waals surface area contributed by atoms with Crippen LogP contribution in [0.5, 0.6) is 0 Å². The standard InChI is InChI=1S/C13H26BrNO/c1-13(2,16-3)8-11-15(10-5-9-14)12-6-4-7-12/h12H,4-11H2,1-3H3. The molecule has 0 heterocycles. The van der Waals surface area contributed by atoms with Gasteiger partial charge < -0.3 is 9.64 Å². The smallest absolute Gasteiger partial charge is 0.0634 e. The highest BCUT2D eigenvalue weighted by atomic mass is 79.9. The predicted octanol–water partition coefficient (Wildman–Crippen LogP) is 3.44. The van der Waals surface area contributed by atoms with Gasteiger partial charge in [-0.15, -0.1) is 0 Å². The summed E-state index contributed by atoms with van der Waals surface area (Å²) in [6, 6.07) is 0.853. The molecule has 0 radical (unpaired) electrons. The molecule has 0 aromatic heterocycles. The maximum absolute atomic E-state index is 5.49. The molecule has 1 fully saturated rings. The zero-order chi connectivity index (χ0) is 12.0. The van der Waals surface area contributed by atoms with E-state index in [-0.39, 0.29) is 5.60 Å². The minimum atomic E-state index is 0.0242. The molecule has 0 spiro atoms. The van der Waals surface area contributed by atoms with Crippen molar-refractivity contribution in [3.63, 3.8) is 0 Å². The van der Waals surface area contributed by atoms with Gasteiger partial charge in [-0.1, -0.05) is 22.4 Å². The van der Waals surface area contributed by atoms with Gasteiger partial charge in [0.15, 0.2) is 0 Å². The molecule has 3 heteroatoms. The van der Waals surface area contributed by atoms with Crippen molar-refractivity contribution >= 4 is 15.9 Å². The minimum Gasteiger partial charge on any atom is -0.379 e. The van der Waals surface area contributed by atoms with Crippen LogP contribution in [0, 0.1) is 0 Å². The minimum absolute atomic E-state index is 0.0242. The van der Waals surface area contributed by atoms with Crippen molar-refractivity contribution in [1.82, 2.24) is 4.90 Å². The van der Waals surface area contributed by atoms with Crippen LogP contribution in [0.2, 0.25) is 0 Å². The summed E-state index contributed by atoms with van der Waals surface area (Å²) in [6.45, 7) is 6.76. The van der Waals surface area contributed by atoms with Crippen molar-refractivity contribution < 1.29 is 4.74 Å². The van der Waals surface area contributed by atoms with E-state index in [1.807, 2.05) is 7.11 Å². The summed E-state index contributed by atoms with van der Waals surface area (Å²) in [4.78, 5) is 2.66. The number of nitrogens with zero attached hydrogens (tertiary/aromatic N) is 1. The first-order chi connectivity index (χ1) is 7.59. The van der Waals surface area contributed by atoms with Crippen LogP contribution in [0.3, 0.4) is 0 Å². The molecule has 0 N–H and O–H groups in total. The Hall–Kier alpha value is 0.400. The Kier molecular flexibility index (Phi) is 6.30. The fourth-order valence-corrected chi connectivity index (χ4v) is 2.26. The second-order valence-corrected chi connectivity index (χ2v) is 6.17. The lowest BCUT2D eigenvalue weighted by Crippen LogP contribution is -2.43. The lowest BCUT2D eigenvalue weighted by molar-refractivity contribution is -0.000408. The van der Waals surface area contributed by atoms with E-state index in [1.54, 1.807) is 0 Å². The van der Waals surface area contributed by atoms with Crippen LogP contribution in [0.1, 0.15) is 46.0 Å². The van der Waals surface area contributed by atoms with Gasteiger partial charge in [-0.3, -0.25) is 0 Å². The van der Waals surface area contributed by atoms with Crippen molar-refractivity contribution in [3.8, 4) is 0 Å². The Morgan fingerprint density at radius 3 is 2.44 bits per heavy atom. The van der Waals surface area contributed by atoms with Crippen LogP contribution in [0.25, 0.3) is 0 Å². The van der Waals surface area contributed by atoms with E-state index in [4.69, 9.17) is 4.74 Å². The maximum atomic E-state index is 5.49. The summed E-state index contributed by atoms with van der Waals surface area (Å²) >= 11 is 3.52. The van der Waals surface area contributed by atoms with Gasteiger partial charge in [-0.25, -0.2) is 0 Å². The molecule has 96 valence electrons. The third-order valence-electron chi connectivity index (χ3n) is 3.72. The van der Waals surface area contributed by atoms with Gasteiger partial charge in [0.25, 0.3) is 0 Å². The molecule has 16 heavy (non-hydrogen) atoms. The van der Waals surface area contributed by atoms with Crippen molar-refractivity contribution in [2.24, 2.45) is 0 Å². The summed E-state index contributed by atoms with van der Waals surface area (Å²) < 4.78 is 5.49. The van der Waals surface area contributed by atoms with Gasteiger partial charge in [0.2, 0.25) is 0 Å². The van der Waals surface area contributed by atoms with Crippen molar-refractivity contribution in [1.29, 1.82) is 0 Å². The molecule has 0 aliphatic heterocycles. The highest BCUT2D eigenvalue weighted by Gasteiger charge is 2.26. The Balaban J connectivity index is 2.31. The lowest BCUT2D eigenvalue weighted by Gasteiger charge is -2.39. The van der Waals surface area contributed by atoms with Crippen molar-refractivity contribution in [3.05, 3.63) is 0 Å². The molecule has 0 saturated heterocycles. The fraction of sp³-hybridized carbons (Fsp3) is 1.00. The van der Waals surface area contributed by atoms with Crippen LogP contribution in [-0.4, -0.2) is 42.1 Å². The van der Waals surface area contributed by atoms with Crippen molar-refractivity contribution in [2.45, 2.75) is 57.6 Å². The summed E-state index contributed by atoms with van der Waals surface area (Å²) in [5.41, 5.74) is 0.0242. The van der Waals surface area contributed by atoms with Gasteiger partial charge in [-0.05, 0) is 46.1 Å². The largest absolute Gasteiger partial charge is 0.379 e. The SMILES string of the molecule is COC(C)(C)CCN(CCCBr)C1CCC1. The third kappa shape index (κ3) is 4.72. The van der Waals surface area contributed by atoms with E-state index in [0.717, 1.165) is 17.8 Å². The van der Waals surface area contributed by atoms with E-state index in [1.165, 1.54) is 38.8 Å². The van der Waals surface area contributed by atoms with E-state index in [9.17, 15) is 0 Å². The maximum Gasteiger partial charge on any atom is 0.0634 e. The number of methoxy groups -OCH3 is 1. The molecule has 2 nitrogen and oxygen atoms in total. The quantitative estimate of drug-likeness (QED) is 0.635. The van der Waals surface area contributed by atoms with Crippen LogP contribution < -0.4 is 0 Å². The van der Waals surface area contributed by atoms with Gasteiger partial charge >= 0.3 is 0 Å². The average molecular weight is 292 g/mol. The van der Waals surface area contributed by atoms with Gasteiger partial charge in [-0.2, -0.15) is 0 Å². The third-order valence-corrected chi connectivity index (χ3v) is 4.28. The number of alkyl halides is 1. The Labute approximate surface area is 109 Å². The van der Waals surface area contributed by atoms with E-state index in [0.29, 0.717) is 0 Å². The Morgan fingerprint density at radius 1 is 1.31 bits per heavy atom. The zero-order valence-electron chi connectivity index (χ0n) is 11.0. The molecule has 1 rings (SSSR count). The van der Waals surface area contributed by atoms with Crippen LogP contribution in [0.4, 0.5) is 0 Å². The first-order valence-electron chi connectivity index (χ1n) is 6.44. The summed E-state index contributed by atoms with van der Waals surface area (Å²) in [7, 11) is 1.81. The van der Waals surface area contributed by atoms with E-state index < -0.39 is 0 Å². The Morgan fingerprint density at radius 2 is 2.00 bits per heavy atom. The highest BCUT2D eigenvalue weighted by Crippen LogP contribution is 2.26. The van der Waals surface area contributed by atoms with Crippen molar-refractivity contribution in [2.75, 3.05) is 25.5 Å². The normalized spacial score (nSPS) is 17.8. The average Bonchev–Trinajstić information content (AvgIpc) is 2.19. The second-order valence-electron chi connectivity index (χ2n) is 5.38. The zero-order valence-corrected chi connectivity index (χ0v) is 12.6. The monoisotopic (exact) mass is 291 g/mol. The molecule has 0 amide bonds. The van der Waals surface area contributed by atoms with Crippen LogP contribution >= 0.6 is 15.9 Å². The number of ether oxygens (including phenoxy) is 1. The number of halogens is 1. The first-order valence-corrected chi connectivity index (χ1v) is 7.56. The summed E-state index contributed by atoms with van der Waals surface area (Å²) in [6.07, 6.45) is 6.60. The number of hydrogen-bond donors (Lipinski definition) is 0. The number of rotatable bonds is 8. The number of hydrogen-bond acceptors (Lipinski definition) is 2. The molecule has 0 atom stereocenters. The van der Waals surface area contributed by atoms with Crippen LogP contribution in [-0.2, 0) is 4.74 Å². The summed E-state index contributed by atoms with van der Waals surface area (Å²) in [5.74, 6) is 0. The lowest BCUT2D eigenvalue weighted by atomic mass is 9.90. The molecular weight excluding hydrogens is 266 g/mol. The first kappa shape index (κ1) is 14.5. The molecular formula is C13H26BrNO. The molecule has 0 bridgehead atoms.